The molecule has 1 atom stereocenters. The maximum atomic E-state index is 14.4. The lowest BCUT2D eigenvalue weighted by molar-refractivity contribution is -0.119. The van der Waals surface area contributed by atoms with Crippen LogP contribution in [0.25, 0.3) is 5.69 Å². The maximum absolute atomic E-state index is 14.4. The van der Waals surface area contributed by atoms with Gasteiger partial charge in [-0.2, -0.15) is 0 Å². The zero-order chi connectivity index (χ0) is 29.8. The molecule has 1 unspecified atom stereocenters. The second-order valence-electron chi connectivity index (χ2n) is 9.90. The van der Waals surface area contributed by atoms with Gasteiger partial charge in [0.25, 0.3) is 0 Å². The molecule has 0 saturated heterocycles. The summed E-state index contributed by atoms with van der Waals surface area (Å²) in [5.41, 5.74) is 2.82. The molecule has 1 N–H and O–H groups in total. The van der Waals surface area contributed by atoms with E-state index >= 15 is 0 Å². The lowest BCUT2D eigenvalue weighted by Gasteiger charge is -2.40. The molecule has 218 valence electrons. The third-order valence-corrected chi connectivity index (χ3v) is 7.29. The molecule has 0 saturated carbocycles. The standard InChI is InChI=1S/C32H32F2N4O4/c1-4-5-16-36(32(40)35-25-14-12-21(33)18-24(25)34)20-30(39)38-27-10-7-6-9-26(27)37-17-8-11-28(37)31(38)23-19-22(41-2)13-15-29(23)42-3/h6-15,17-19,31H,4-5,16,20H2,1-3H3,(H,35,40). The summed E-state index contributed by atoms with van der Waals surface area (Å²) >= 11 is 0. The Hall–Kier alpha value is -4.86. The Morgan fingerprint density at radius 2 is 1.74 bits per heavy atom. The summed E-state index contributed by atoms with van der Waals surface area (Å²) in [6, 6.07) is 18.5. The van der Waals surface area contributed by atoms with Crippen molar-refractivity contribution in [2.24, 2.45) is 0 Å². The minimum atomic E-state index is -0.902. The van der Waals surface area contributed by atoms with Crippen LogP contribution in [-0.2, 0) is 4.79 Å². The van der Waals surface area contributed by atoms with Crippen molar-refractivity contribution < 1.29 is 27.8 Å². The Balaban J connectivity index is 1.55. The Bertz CT molecular complexity index is 1610. The number of unbranched alkanes of at least 4 members (excludes halogenated alkanes) is 1. The highest BCUT2D eigenvalue weighted by Crippen LogP contribution is 2.45. The molecule has 2 heterocycles. The summed E-state index contributed by atoms with van der Waals surface area (Å²) in [6.45, 7) is 1.94. The number of amides is 3. The van der Waals surface area contributed by atoms with Gasteiger partial charge >= 0.3 is 6.03 Å². The van der Waals surface area contributed by atoms with Gasteiger partial charge in [0.15, 0.2) is 0 Å². The second kappa shape index (κ2) is 12.3. The van der Waals surface area contributed by atoms with Gasteiger partial charge in [-0.15, -0.1) is 0 Å². The van der Waals surface area contributed by atoms with E-state index in [-0.39, 0.29) is 24.7 Å². The molecule has 0 fully saturated rings. The molecule has 0 aliphatic carbocycles. The highest BCUT2D eigenvalue weighted by molar-refractivity contribution is 6.01. The van der Waals surface area contributed by atoms with Crippen LogP contribution in [0.3, 0.4) is 0 Å². The summed E-state index contributed by atoms with van der Waals surface area (Å²) < 4.78 is 41.1. The number of nitrogens with zero attached hydrogens (tertiary/aromatic N) is 3. The molecule has 3 amide bonds. The first-order valence-corrected chi connectivity index (χ1v) is 13.7. The molecule has 42 heavy (non-hydrogen) atoms. The smallest absolute Gasteiger partial charge is 0.322 e. The van der Waals surface area contributed by atoms with E-state index in [4.69, 9.17) is 9.47 Å². The van der Waals surface area contributed by atoms with Gasteiger partial charge in [-0.1, -0.05) is 25.5 Å². The summed E-state index contributed by atoms with van der Waals surface area (Å²) in [5, 5.41) is 2.50. The third-order valence-electron chi connectivity index (χ3n) is 7.29. The first-order valence-electron chi connectivity index (χ1n) is 13.7. The van der Waals surface area contributed by atoms with Crippen LogP contribution in [0, 0.1) is 11.6 Å². The van der Waals surface area contributed by atoms with E-state index < -0.39 is 23.7 Å². The van der Waals surface area contributed by atoms with Crippen molar-refractivity contribution in [3.8, 4) is 17.2 Å². The molecule has 3 aromatic carbocycles. The number of carbonyl (C=O) groups is 2. The molecular formula is C32H32F2N4O4. The first-order chi connectivity index (χ1) is 20.4. The van der Waals surface area contributed by atoms with Crippen LogP contribution in [0.15, 0.2) is 79.0 Å². The van der Waals surface area contributed by atoms with Gasteiger partial charge in [0, 0.05) is 24.4 Å². The van der Waals surface area contributed by atoms with Crippen LogP contribution < -0.4 is 19.7 Å². The van der Waals surface area contributed by atoms with E-state index in [1.807, 2.05) is 60.2 Å². The Labute approximate surface area is 243 Å². The molecule has 1 aromatic heterocycles. The number of methoxy groups -OCH3 is 2. The van der Waals surface area contributed by atoms with Gasteiger partial charge < -0.3 is 24.3 Å². The van der Waals surface area contributed by atoms with Crippen molar-refractivity contribution in [1.29, 1.82) is 0 Å². The fraction of sp³-hybridized carbons (Fsp3) is 0.250. The van der Waals surface area contributed by atoms with E-state index in [2.05, 4.69) is 5.32 Å². The van der Waals surface area contributed by atoms with Crippen molar-refractivity contribution in [3.63, 3.8) is 0 Å². The molecule has 1 aliphatic rings. The summed E-state index contributed by atoms with van der Waals surface area (Å²) in [4.78, 5) is 30.8. The Morgan fingerprint density at radius 1 is 0.952 bits per heavy atom. The fourth-order valence-corrected chi connectivity index (χ4v) is 5.24. The number of carbonyl (C=O) groups excluding carboxylic acids is 2. The van der Waals surface area contributed by atoms with Crippen molar-refractivity contribution in [2.45, 2.75) is 25.8 Å². The van der Waals surface area contributed by atoms with Crippen LogP contribution in [0.2, 0.25) is 0 Å². The average molecular weight is 575 g/mol. The van der Waals surface area contributed by atoms with Crippen LogP contribution in [0.4, 0.5) is 25.0 Å². The number of anilines is 2. The normalized spacial score (nSPS) is 13.6. The van der Waals surface area contributed by atoms with Gasteiger partial charge in [-0.3, -0.25) is 9.69 Å². The van der Waals surface area contributed by atoms with Crippen molar-refractivity contribution in [3.05, 3.63) is 102 Å². The molecule has 4 aromatic rings. The number of hydrogen-bond donors (Lipinski definition) is 1. The number of hydrogen-bond acceptors (Lipinski definition) is 4. The zero-order valence-corrected chi connectivity index (χ0v) is 23.6. The largest absolute Gasteiger partial charge is 0.497 e. The Morgan fingerprint density at radius 3 is 2.45 bits per heavy atom. The van der Waals surface area contributed by atoms with Crippen LogP contribution in [-0.4, -0.2) is 48.7 Å². The molecular weight excluding hydrogens is 542 g/mol. The number of aromatic nitrogens is 1. The molecule has 0 bridgehead atoms. The summed E-state index contributed by atoms with van der Waals surface area (Å²) in [7, 11) is 3.14. The summed E-state index contributed by atoms with van der Waals surface area (Å²) in [5.74, 6) is -0.841. The third kappa shape index (κ3) is 5.52. The fourth-order valence-electron chi connectivity index (χ4n) is 5.24. The Kier molecular flexibility index (Phi) is 8.42. The number of rotatable bonds is 9. The minimum absolute atomic E-state index is 0.171. The molecule has 8 nitrogen and oxygen atoms in total. The summed E-state index contributed by atoms with van der Waals surface area (Å²) in [6.07, 6.45) is 3.33. The van der Waals surface area contributed by atoms with Crippen molar-refractivity contribution >= 4 is 23.3 Å². The van der Waals surface area contributed by atoms with Crippen LogP contribution in [0.5, 0.6) is 11.5 Å². The van der Waals surface area contributed by atoms with E-state index in [0.717, 1.165) is 29.9 Å². The topological polar surface area (TPSA) is 76.0 Å². The van der Waals surface area contributed by atoms with Gasteiger partial charge in [0.1, 0.15) is 35.7 Å². The SMILES string of the molecule is CCCCN(CC(=O)N1c2ccccc2-n2cccc2C1c1cc(OC)ccc1OC)C(=O)Nc1ccc(F)cc1F. The first kappa shape index (κ1) is 28.7. The van der Waals surface area contributed by atoms with Crippen LogP contribution in [0.1, 0.15) is 37.1 Å². The second-order valence-corrected chi connectivity index (χ2v) is 9.90. The number of para-hydroxylation sites is 2. The van der Waals surface area contributed by atoms with Gasteiger partial charge in [0.2, 0.25) is 5.91 Å². The number of fused-ring (bicyclic) bond motifs is 3. The van der Waals surface area contributed by atoms with E-state index in [9.17, 15) is 18.4 Å². The predicted molar refractivity (Wildman–Crippen MR) is 157 cm³/mol. The number of ether oxygens (including phenoxy) is 2. The monoisotopic (exact) mass is 574 g/mol. The van der Waals surface area contributed by atoms with E-state index in [1.54, 1.807) is 31.3 Å². The highest BCUT2D eigenvalue weighted by atomic mass is 19.1. The zero-order valence-electron chi connectivity index (χ0n) is 23.6. The molecule has 5 rings (SSSR count). The highest BCUT2D eigenvalue weighted by Gasteiger charge is 2.38. The van der Waals surface area contributed by atoms with Crippen molar-refractivity contribution in [1.82, 2.24) is 9.47 Å². The van der Waals surface area contributed by atoms with Gasteiger partial charge in [0.05, 0.1) is 37.0 Å². The number of urea groups is 1. The van der Waals surface area contributed by atoms with E-state index in [0.29, 0.717) is 35.2 Å². The molecule has 10 heteroatoms. The molecule has 0 radical (unpaired) electrons. The minimum Gasteiger partial charge on any atom is -0.497 e. The lowest BCUT2D eigenvalue weighted by atomic mass is 9.96. The number of benzene rings is 3. The predicted octanol–water partition coefficient (Wildman–Crippen LogP) is 6.54. The number of nitrogens with one attached hydrogen (secondary N) is 1. The van der Waals surface area contributed by atoms with E-state index in [1.165, 1.54) is 4.90 Å². The number of halogens is 2. The quantitative estimate of drug-likeness (QED) is 0.246. The van der Waals surface area contributed by atoms with Crippen molar-refractivity contribution in [2.75, 3.05) is 37.5 Å². The lowest BCUT2D eigenvalue weighted by Crippen LogP contribution is -2.48. The van der Waals surface area contributed by atoms with Gasteiger partial charge in [-0.25, -0.2) is 13.6 Å². The molecule has 1 aliphatic heterocycles. The average Bonchev–Trinajstić information content (AvgIpc) is 3.49. The van der Waals surface area contributed by atoms with Crippen LogP contribution >= 0.6 is 0 Å². The molecule has 0 spiro atoms. The maximum Gasteiger partial charge on any atom is 0.322 e. The van der Waals surface area contributed by atoms with Gasteiger partial charge in [-0.05, 0) is 61.0 Å².